The Labute approximate surface area is 216 Å². The molecule has 5 aromatic rings. The smallest absolute Gasteiger partial charge is 0.167 e. The highest BCUT2D eigenvalue weighted by atomic mass is 16.5. The van der Waals surface area contributed by atoms with Crippen LogP contribution in [-0.4, -0.2) is 31.7 Å². The van der Waals surface area contributed by atoms with Crippen molar-refractivity contribution in [3.8, 4) is 0 Å². The van der Waals surface area contributed by atoms with Crippen molar-refractivity contribution < 1.29 is 4.74 Å². The predicted octanol–water partition coefficient (Wildman–Crippen LogP) is 5.06. The lowest BCUT2D eigenvalue weighted by Crippen LogP contribution is -2.52. The standard InChI is InChI=1S/C30H30N6O/c1-2-25-24(18-26(37-25)36-20-34-27-28(31)32-19-33-29(27)36)35-30(21-12-6-3-7-13-21,22-14-8-4-9-15-22)23-16-10-5-11-17-23/h3-17,19-20,24-26,35H,2,18H2,1H3,(H2,31,32,33)/t24?,25-,26-/m1/s1. The third-order valence-corrected chi connectivity index (χ3v) is 7.36. The first-order chi connectivity index (χ1) is 18.2. The lowest BCUT2D eigenvalue weighted by Gasteiger charge is -2.40. The molecular weight excluding hydrogens is 460 g/mol. The number of imidazole rings is 1. The summed E-state index contributed by atoms with van der Waals surface area (Å²) in [5, 5.41) is 4.11. The minimum atomic E-state index is -0.566. The molecule has 0 spiro atoms. The van der Waals surface area contributed by atoms with Gasteiger partial charge >= 0.3 is 0 Å². The van der Waals surface area contributed by atoms with Crippen LogP contribution >= 0.6 is 0 Å². The van der Waals surface area contributed by atoms with Crippen molar-refractivity contribution in [1.29, 1.82) is 0 Å². The van der Waals surface area contributed by atoms with Crippen LogP contribution in [-0.2, 0) is 10.3 Å². The zero-order valence-corrected chi connectivity index (χ0v) is 20.7. The van der Waals surface area contributed by atoms with Crippen LogP contribution in [0.1, 0.15) is 42.7 Å². The minimum absolute atomic E-state index is 0.00264. The van der Waals surface area contributed by atoms with Crippen LogP contribution < -0.4 is 11.1 Å². The molecule has 3 N–H and O–H groups in total. The fourth-order valence-electron chi connectivity index (χ4n) is 5.61. The Morgan fingerprint density at radius 1 is 0.865 bits per heavy atom. The molecule has 6 rings (SSSR count). The highest BCUT2D eigenvalue weighted by molar-refractivity contribution is 5.81. The van der Waals surface area contributed by atoms with Gasteiger partial charge in [0.1, 0.15) is 18.1 Å². The molecule has 1 aliphatic heterocycles. The number of ether oxygens (including phenoxy) is 1. The Bertz CT molecular complexity index is 1380. The first-order valence-electron chi connectivity index (χ1n) is 12.7. The summed E-state index contributed by atoms with van der Waals surface area (Å²) in [4.78, 5) is 13.0. The van der Waals surface area contributed by atoms with E-state index in [1.165, 1.54) is 23.0 Å². The molecule has 0 saturated carbocycles. The van der Waals surface area contributed by atoms with Crippen LogP contribution in [0.2, 0.25) is 0 Å². The van der Waals surface area contributed by atoms with Gasteiger partial charge in [0.15, 0.2) is 11.5 Å². The second kappa shape index (κ2) is 9.76. The quantitative estimate of drug-likeness (QED) is 0.310. The number of hydrogen-bond acceptors (Lipinski definition) is 6. The largest absolute Gasteiger partial charge is 0.382 e. The van der Waals surface area contributed by atoms with E-state index in [9.17, 15) is 0 Å². The van der Waals surface area contributed by atoms with Crippen molar-refractivity contribution in [3.05, 3.63) is 120 Å². The fraction of sp³-hybridized carbons (Fsp3) is 0.233. The van der Waals surface area contributed by atoms with Gasteiger partial charge in [-0.25, -0.2) is 15.0 Å². The molecule has 37 heavy (non-hydrogen) atoms. The molecule has 3 heterocycles. The van der Waals surface area contributed by atoms with Crippen LogP contribution in [0.25, 0.3) is 11.2 Å². The topological polar surface area (TPSA) is 90.9 Å². The highest BCUT2D eigenvalue weighted by Gasteiger charge is 2.44. The van der Waals surface area contributed by atoms with Crippen LogP contribution in [0.5, 0.6) is 0 Å². The summed E-state index contributed by atoms with van der Waals surface area (Å²) in [5.74, 6) is 0.375. The lowest BCUT2D eigenvalue weighted by molar-refractivity contribution is -0.00213. The third-order valence-electron chi connectivity index (χ3n) is 7.36. The Balaban J connectivity index is 1.45. The molecule has 1 unspecified atom stereocenters. The normalized spacial score (nSPS) is 19.9. The van der Waals surface area contributed by atoms with E-state index in [2.05, 4.69) is 118 Å². The molecule has 1 aliphatic rings. The van der Waals surface area contributed by atoms with Crippen LogP contribution in [0.3, 0.4) is 0 Å². The summed E-state index contributed by atoms with van der Waals surface area (Å²) in [6.07, 6.45) is 4.63. The summed E-state index contributed by atoms with van der Waals surface area (Å²) in [5.41, 5.74) is 10.3. The Hall–Kier alpha value is -4.07. The molecule has 7 heteroatoms. The number of rotatable bonds is 7. The molecular formula is C30H30N6O. The van der Waals surface area contributed by atoms with Gasteiger partial charge in [-0.15, -0.1) is 0 Å². The molecule has 3 aromatic carbocycles. The van der Waals surface area contributed by atoms with Crippen molar-refractivity contribution in [2.75, 3.05) is 5.73 Å². The molecule has 1 fully saturated rings. The first kappa shape index (κ1) is 23.3. The van der Waals surface area contributed by atoms with Crippen LogP contribution in [0.4, 0.5) is 5.82 Å². The number of nitrogens with one attached hydrogen (secondary N) is 1. The van der Waals surface area contributed by atoms with E-state index in [0.717, 1.165) is 12.8 Å². The highest BCUT2D eigenvalue weighted by Crippen LogP contribution is 2.41. The summed E-state index contributed by atoms with van der Waals surface area (Å²) < 4.78 is 8.61. The summed E-state index contributed by atoms with van der Waals surface area (Å²) in [6, 6.07) is 32.0. The number of hydrogen-bond donors (Lipinski definition) is 2. The Morgan fingerprint density at radius 2 is 1.43 bits per heavy atom. The van der Waals surface area contributed by atoms with Gasteiger partial charge in [-0.3, -0.25) is 9.88 Å². The Morgan fingerprint density at radius 3 is 1.97 bits per heavy atom. The molecule has 0 amide bonds. The van der Waals surface area contributed by atoms with Crippen molar-refractivity contribution in [3.63, 3.8) is 0 Å². The average molecular weight is 491 g/mol. The summed E-state index contributed by atoms with van der Waals surface area (Å²) in [7, 11) is 0. The number of nitrogen functional groups attached to an aromatic ring is 1. The van der Waals surface area contributed by atoms with E-state index >= 15 is 0 Å². The van der Waals surface area contributed by atoms with Gasteiger partial charge in [0.2, 0.25) is 0 Å². The van der Waals surface area contributed by atoms with Crippen molar-refractivity contribution in [2.24, 2.45) is 0 Å². The monoisotopic (exact) mass is 490 g/mol. The average Bonchev–Trinajstić information content (AvgIpc) is 3.58. The second-order valence-electron chi connectivity index (χ2n) is 9.46. The van der Waals surface area contributed by atoms with Gasteiger partial charge in [0, 0.05) is 12.5 Å². The van der Waals surface area contributed by atoms with Gasteiger partial charge in [-0.1, -0.05) is 97.9 Å². The number of nitrogens with zero attached hydrogens (tertiary/aromatic N) is 4. The van der Waals surface area contributed by atoms with Crippen LogP contribution in [0, 0.1) is 0 Å². The van der Waals surface area contributed by atoms with Crippen LogP contribution in [0.15, 0.2) is 104 Å². The van der Waals surface area contributed by atoms with Gasteiger partial charge in [0.05, 0.1) is 18.0 Å². The van der Waals surface area contributed by atoms with Gasteiger partial charge in [-0.2, -0.15) is 0 Å². The van der Waals surface area contributed by atoms with Crippen molar-refractivity contribution in [1.82, 2.24) is 24.8 Å². The van der Waals surface area contributed by atoms with E-state index < -0.39 is 5.54 Å². The van der Waals surface area contributed by atoms with Gasteiger partial charge in [-0.05, 0) is 23.1 Å². The summed E-state index contributed by atoms with van der Waals surface area (Å²) in [6.45, 7) is 2.17. The van der Waals surface area contributed by atoms with E-state index in [0.29, 0.717) is 17.0 Å². The molecule has 186 valence electrons. The molecule has 2 aromatic heterocycles. The molecule has 1 saturated heterocycles. The molecule has 3 atom stereocenters. The maximum absolute atomic E-state index is 6.63. The minimum Gasteiger partial charge on any atom is -0.382 e. The van der Waals surface area contributed by atoms with Gasteiger partial charge < -0.3 is 10.5 Å². The number of benzene rings is 3. The van der Waals surface area contributed by atoms with Crippen molar-refractivity contribution in [2.45, 2.75) is 43.7 Å². The van der Waals surface area contributed by atoms with E-state index in [4.69, 9.17) is 10.5 Å². The first-order valence-corrected chi connectivity index (χ1v) is 12.7. The van der Waals surface area contributed by atoms with E-state index in [1.54, 1.807) is 6.33 Å². The number of nitrogens with two attached hydrogens (primary N) is 1. The maximum atomic E-state index is 6.63. The Kier molecular flexibility index (Phi) is 6.16. The number of anilines is 1. The van der Waals surface area contributed by atoms with Gasteiger partial charge in [0.25, 0.3) is 0 Å². The SMILES string of the molecule is CC[C@H]1O[C@@H](n2cnc3c(N)ncnc32)CC1NC(c1ccccc1)(c1ccccc1)c1ccccc1. The molecule has 0 aliphatic carbocycles. The lowest BCUT2D eigenvalue weighted by atomic mass is 9.76. The fourth-order valence-corrected chi connectivity index (χ4v) is 5.61. The van der Waals surface area contributed by atoms with Crippen molar-refractivity contribution >= 4 is 17.0 Å². The second-order valence-corrected chi connectivity index (χ2v) is 9.46. The number of fused-ring (bicyclic) bond motifs is 1. The molecule has 0 bridgehead atoms. The maximum Gasteiger partial charge on any atom is 0.167 e. The zero-order valence-electron chi connectivity index (χ0n) is 20.7. The zero-order chi connectivity index (χ0) is 25.2. The summed E-state index contributed by atoms with van der Waals surface area (Å²) >= 11 is 0. The number of aromatic nitrogens is 4. The van der Waals surface area contributed by atoms with E-state index in [-0.39, 0.29) is 18.4 Å². The third kappa shape index (κ3) is 4.06. The molecule has 0 radical (unpaired) electrons. The predicted molar refractivity (Wildman–Crippen MR) is 145 cm³/mol. The van der Waals surface area contributed by atoms with E-state index in [1.807, 2.05) is 4.57 Å². The molecule has 7 nitrogen and oxygen atoms in total.